The maximum atomic E-state index is 4.40. The smallest absolute Gasteiger partial charge is 0.0161 e. The Morgan fingerprint density at radius 3 is 2.88 bits per heavy atom. The van der Waals surface area contributed by atoms with Gasteiger partial charge in [0.1, 0.15) is 0 Å². The van der Waals surface area contributed by atoms with Gasteiger partial charge in [0.25, 0.3) is 0 Å². The third-order valence-corrected chi connectivity index (χ3v) is 3.18. The van der Waals surface area contributed by atoms with Crippen LogP contribution < -0.4 is 0 Å². The molecule has 0 aliphatic carbocycles. The van der Waals surface area contributed by atoms with Crippen molar-refractivity contribution in [3.63, 3.8) is 0 Å². The van der Waals surface area contributed by atoms with Crippen LogP contribution in [0.2, 0.25) is 0 Å². The van der Waals surface area contributed by atoms with Crippen molar-refractivity contribution in [2.45, 2.75) is 0 Å². The Morgan fingerprint density at radius 2 is 2.00 bits per heavy atom. The molecule has 0 saturated carbocycles. The summed E-state index contributed by atoms with van der Waals surface area (Å²) in [5.41, 5.74) is 1.01. The van der Waals surface area contributed by atoms with E-state index < -0.39 is 0 Å². The van der Waals surface area contributed by atoms with Gasteiger partial charge in [-0.1, -0.05) is 44.0 Å². The number of pyridine rings is 1. The molecule has 0 bridgehead atoms. The van der Waals surface area contributed by atoms with Crippen molar-refractivity contribution in [3.05, 3.63) is 53.1 Å². The number of hydrogen-bond acceptors (Lipinski definition) is 1. The molecule has 16 heavy (non-hydrogen) atoms. The van der Waals surface area contributed by atoms with Crippen molar-refractivity contribution in [2.75, 3.05) is 0 Å². The van der Waals surface area contributed by atoms with Crippen LogP contribution in [0.15, 0.2) is 47.1 Å². The number of nitrogens with zero attached hydrogens (tertiary/aromatic N) is 1. The van der Waals surface area contributed by atoms with Crippen molar-refractivity contribution < 1.29 is 21.1 Å². The Bertz CT molecular complexity index is 652. The van der Waals surface area contributed by atoms with E-state index in [0.717, 1.165) is 26.1 Å². The van der Waals surface area contributed by atoms with Gasteiger partial charge < -0.3 is 4.98 Å². The molecule has 3 heteroatoms. The van der Waals surface area contributed by atoms with E-state index >= 15 is 0 Å². The van der Waals surface area contributed by atoms with Gasteiger partial charge in [-0.3, -0.25) is 0 Å². The third kappa shape index (κ3) is 1.81. The van der Waals surface area contributed by atoms with Crippen LogP contribution >= 0.6 is 15.9 Å². The number of fused-ring (bicyclic) bond motifs is 3. The first-order valence-electron chi connectivity index (χ1n) is 4.70. The third-order valence-electron chi connectivity index (χ3n) is 2.49. The minimum atomic E-state index is 0. The largest absolute Gasteiger partial charge is 0.304 e. The molecule has 0 aliphatic rings. The van der Waals surface area contributed by atoms with E-state index in [-0.39, 0.29) is 21.1 Å². The number of aromatic nitrogens is 1. The van der Waals surface area contributed by atoms with Crippen LogP contribution in [0.5, 0.6) is 0 Å². The number of halogens is 1. The molecule has 0 saturated heterocycles. The zero-order valence-electron chi connectivity index (χ0n) is 8.18. The summed E-state index contributed by atoms with van der Waals surface area (Å²) in [5, 5.41) is 3.38. The molecular formula is C13H7BrNPt-. The first-order valence-corrected chi connectivity index (χ1v) is 5.49. The van der Waals surface area contributed by atoms with Crippen LogP contribution in [0.4, 0.5) is 0 Å². The maximum Gasteiger partial charge on any atom is 0.0161 e. The van der Waals surface area contributed by atoms with Crippen LogP contribution in [0, 0.1) is 6.07 Å². The van der Waals surface area contributed by atoms with Crippen molar-refractivity contribution >= 4 is 37.6 Å². The average molecular weight is 452 g/mol. The predicted octanol–water partition coefficient (Wildman–Crippen LogP) is 3.95. The van der Waals surface area contributed by atoms with E-state index in [2.05, 4.69) is 45.2 Å². The summed E-state index contributed by atoms with van der Waals surface area (Å²) in [7, 11) is 0. The fourth-order valence-electron chi connectivity index (χ4n) is 1.78. The summed E-state index contributed by atoms with van der Waals surface area (Å²) < 4.78 is 1.09. The van der Waals surface area contributed by atoms with Gasteiger partial charge in [-0.15, -0.1) is 23.6 Å². The average Bonchev–Trinajstić information content (AvgIpc) is 2.29. The molecule has 1 aromatic heterocycles. The molecule has 0 spiro atoms. The molecule has 1 heterocycles. The van der Waals surface area contributed by atoms with Gasteiger partial charge in [0.15, 0.2) is 0 Å². The number of rotatable bonds is 0. The molecule has 0 amide bonds. The Morgan fingerprint density at radius 1 is 1.12 bits per heavy atom. The van der Waals surface area contributed by atoms with Gasteiger partial charge in [-0.25, -0.2) is 0 Å². The molecule has 82 valence electrons. The van der Waals surface area contributed by atoms with Gasteiger partial charge in [0.05, 0.1) is 0 Å². The van der Waals surface area contributed by atoms with Crippen molar-refractivity contribution in [1.29, 1.82) is 0 Å². The second-order valence-corrected chi connectivity index (χ2v) is 4.24. The van der Waals surface area contributed by atoms with Gasteiger partial charge in [0.2, 0.25) is 0 Å². The summed E-state index contributed by atoms with van der Waals surface area (Å²) in [4.78, 5) is 4.40. The molecule has 0 N–H and O–H groups in total. The first kappa shape index (κ1) is 11.8. The Labute approximate surface area is 116 Å². The first-order chi connectivity index (χ1) is 7.36. The van der Waals surface area contributed by atoms with E-state index in [9.17, 15) is 0 Å². The van der Waals surface area contributed by atoms with Crippen molar-refractivity contribution in [2.24, 2.45) is 0 Å². The molecule has 3 aromatic rings. The molecular weight excluding hydrogens is 445 g/mol. The summed E-state index contributed by atoms with van der Waals surface area (Å²) >= 11 is 3.53. The molecule has 0 atom stereocenters. The topological polar surface area (TPSA) is 12.9 Å². The van der Waals surface area contributed by atoms with E-state index in [0.29, 0.717) is 0 Å². The summed E-state index contributed by atoms with van der Waals surface area (Å²) in [5.74, 6) is 0. The molecule has 0 unspecified atom stereocenters. The molecule has 3 rings (SSSR count). The van der Waals surface area contributed by atoms with Crippen LogP contribution in [-0.4, -0.2) is 4.98 Å². The Kier molecular flexibility index (Phi) is 3.41. The molecule has 2 aromatic carbocycles. The summed E-state index contributed by atoms with van der Waals surface area (Å²) in [6.45, 7) is 0. The van der Waals surface area contributed by atoms with Crippen LogP contribution in [0.3, 0.4) is 0 Å². The second-order valence-electron chi connectivity index (χ2n) is 3.39. The van der Waals surface area contributed by atoms with Gasteiger partial charge in [-0.2, -0.15) is 0 Å². The standard InChI is InChI=1S/C13H7BrN.Pt/c14-12-5-1-4-11-10(12)7-6-9-3-2-8-15-13(9)11;/h1-3,5-8H;/q-1;. The van der Waals surface area contributed by atoms with E-state index in [1.54, 1.807) is 0 Å². The molecule has 0 radical (unpaired) electrons. The van der Waals surface area contributed by atoms with Gasteiger partial charge >= 0.3 is 0 Å². The van der Waals surface area contributed by atoms with Crippen molar-refractivity contribution in [3.8, 4) is 0 Å². The molecule has 0 aliphatic heterocycles. The van der Waals surface area contributed by atoms with E-state index in [1.165, 1.54) is 0 Å². The quantitative estimate of drug-likeness (QED) is 0.372. The molecule has 0 fully saturated rings. The van der Waals surface area contributed by atoms with Crippen molar-refractivity contribution in [1.82, 2.24) is 4.98 Å². The van der Waals surface area contributed by atoms with Crippen LogP contribution in [0.1, 0.15) is 0 Å². The fraction of sp³-hybridized carbons (Fsp3) is 0. The van der Waals surface area contributed by atoms with Crippen LogP contribution in [0.25, 0.3) is 21.7 Å². The normalized spacial score (nSPS) is 10.3. The fourth-order valence-corrected chi connectivity index (χ4v) is 2.24. The zero-order valence-corrected chi connectivity index (χ0v) is 12.0. The summed E-state index contributed by atoms with van der Waals surface area (Å²) in [6, 6.07) is 15.4. The Hall–Kier alpha value is -0.722. The summed E-state index contributed by atoms with van der Waals surface area (Å²) in [6.07, 6.45) is 1.82. The van der Waals surface area contributed by atoms with Crippen LogP contribution in [-0.2, 0) is 21.1 Å². The van der Waals surface area contributed by atoms with Gasteiger partial charge in [-0.05, 0) is 17.0 Å². The minimum absolute atomic E-state index is 0. The number of hydrogen-bond donors (Lipinski definition) is 0. The molecule has 1 nitrogen and oxygen atoms in total. The minimum Gasteiger partial charge on any atom is -0.304 e. The predicted molar refractivity (Wildman–Crippen MR) is 65.8 cm³/mol. The van der Waals surface area contributed by atoms with E-state index in [1.807, 2.05) is 24.4 Å². The monoisotopic (exact) mass is 451 g/mol. The Balaban J connectivity index is 0.000000963. The number of benzene rings is 2. The van der Waals surface area contributed by atoms with Gasteiger partial charge in [0, 0.05) is 27.3 Å². The zero-order chi connectivity index (χ0) is 10.3. The second kappa shape index (κ2) is 4.65. The SMILES string of the molecule is Brc1cc[c-]c2c1ccc1cccnc12.[Pt]. The van der Waals surface area contributed by atoms with E-state index in [4.69, 9.17) is 0 Å². The maximum absolute atomic E-state index is 4.40.